The fourth-order valence-corrected chi connectivity index (χ4v) is 5.84. The van der Waals surface area contributed by atoms with Gasteiger partial charge >= 0.3 is 6.03 Å². The number of fused-ring (bicyclic) bond motifs is 3. The molecule has 0 aliphatic carbocycles. The lowest BCUT2D eigenvalue weighted by molar-refractivity contribution is 0.207. The molecule has 2 aromatic heterocycles. The maximum atomic E-state index is 11.7. The normalized spacial score (nSPS) is 15.9. The number of thiophene rings is 1. The van der Waals surface area contributed by atoms with Crippen molar-refractivity contribution in [2.45, 2.75) is 19.4 Å². The van der Waals surface area contributed by atoms with Crippen LogP contribution < -0.4 is 21.1 Å². The van der Waals surface area contributed by atoms with Crippen molar-refractivity contribution < 1.29 is 9.53 Å². The predicted octanol–water partition coefficient (Wildman–Crippen LogP) is 2.80. The molecule has 5 N–H and O–H groups in total. The number of methoxy groups -OCH3 is 1. The first kappa shape index (κ1) is 22.4. The van der Waals surface area contributed by atoms with E-state index in [1.165, 1.54) is 16.7 Å². The van der Waals surface area contributed by atoms with Crippen molar-refractivity contribution in [3.05, 3.63) is 34.5 Å². The highest BCUT2D eigenvalue weighted by molar-refractivity contribution is 7.19. The molecule has 5 rings (SSSR count). The number of nitrogen functional groups attached to an aromatic ring is 1. The van der Waals surface area contributed by atoms with Crippen molar-refractivity contribution in [1.29, 1.82) is 5.41 Å². The van der Waals surface area contributed by atoms with E-state index in [9.17, 15) is 4.79 Å². The molecule has 1 fully saturated rings. The number of anilines is 3. The van der Waals surface area contributed by atoms with Crippen molar-refractivity contribution in [3.63, 3.8) is 0 Å². The Bertz CT molecular complexity index is 1240. The first-order chi connectivity index (χ1) is 16.6. The molecule has 4 heterocycles. The highest BCUT2D eigenvalue weighted by Crippen LogP contribution is 2.39. The third kappa shape index (κ3) is 4.24. The summed E-state index contributed by atoms with van der Waals surface area (Å²) in [7, 11) is 1.59. The minimum Gasteiger partial charge on any atom is -0.494 e. The average molecular weight is 481 g/mol. The molecule has 0 atom stereocenters. The summed E-state index contributed by atoms with van der Waals surface area (Å²) < 4.78 is 5.51. The second-order valence-corrected chi connectivity index (χ2v) is 9.54. The molecule has 2 aliphatic heterocycles. The molecule has 0 bridgehead atoms. The van der Waals surface area contributed by atoms with Gasteiger partial charge in [0, 0.05) is 67.7 Å². The summed E-state index contributed by atoms with van der Waals surface area (Å²) in [5.74, 6) is 1.33. The lowest BCUT2D eigenvalue weighted by Gasteiger charge is -2.27. The van der Waals surface area contributed by atoms with E-state index in [4.69, 9.17) is 15.9 Å². The molecule has 34 heavy (non-hydrogen) atoms. The van der Waals surface area contributed by atoms with Gasteiger partial charge in [0.2, 0.25) is 0 Å². The van der Waals surface area contributed by atoms with Gasteiger partial charge in [-0.15, -0.1) is 11.3 Å². The van der Waals surface area contributed by atoms with E-state index in [2.05, 4.69) is 25.5 Å². The molecular formula is C23H28N8O2S. The number of aromatic nitrogens is 2. The highest BCUT2D eigenvalue weighted by Gasteiger charge is 2.25. The third-order valence-corrected chi connectivity index (χ3v) is 7.50. The summed E-state index contributed by atoms with van der Waals surface area (Å²) in [5, 5.41) is 14.9. The molecule has 0 spiro atoms. The summed E-state index contributed by atoms with van der Waals surface area (Å²) in [6.07, 6.45) is 4.69. The second-order valence-electron chi connectivity index (χ2n) is 8.46. The van der Waals surface area contributed by atoms with Gasteiger partial charge in [0.1, 0.15) is 22.7 Å². The Labute approximate surface area is 201 Å². The molecule has 1 saturated heterocycles. The zero-order valence-electron chi connectivity index (χ0n) is 19.1. The summed E-state index contributed by atoms with van der Waals surface area (Å²) in [6.45, 7) is 5.14. The number of amides is 2. The summed E-state index contributed by atoms with van der Waals surface area (Å²) in [5.41, 5.74) is 9.12. The average Bonchev–Trinajstić information content (AvgIpc) is 3.42. The number of hydrogen-bond acceptors (Lipinski definition) is 9. The number of carbonyl (C=O) groups excluding carboxylic acids is 1. The van der Waals surface area contributed by atoms with Crippen LogP contribution in [0.25, 0.3) is 10.2 Å². The van der Waals surface area contributed by atoms with Gasteiger partial charge in [0.25, 0.3) is 0 Å². The van der Waals surface area contributed by atoms with Crippen LogP contribution in [0.2, 0.25) is 0 Å². The van der Waals surface area contributed by atoms with Crippen LogP contribution in [0.3, 0.4) is 0 Å². The number of nitrogens with one attached hydrogen (secondary N) is 3. The van der Waals surface area contributed by atoms with Gasteiger partial charge in [-0.25, -0.2) is 14.8 Å². The Morgan fingerprint density at radius 3 is 2.97 bits per heavy atom. The van der Waals surface area contributed by atoms with E-state index in [0.29, 0.717) is 22.7 Å². The van der Waals surface area contributed by atoms with Gasteiger partial charge in [-0.1, -0.05) is 0 Å². The maximum absolute atomic E-state index is 11.7. The standard InChI is InChI=1S/C23H28N8O2S/c1-33-18-10-16(25)14(11-24)9-17(18)29-21-20-15-3-7-30(5-2-6-31-8-4-26-23(31)32)12-19(15)34-22(20)28-13-27-21/h9-11,13,24H,2-8,12,25H2,1H3,(H,26,32)(H,27,28,29). The molecule has 11 heteroatoms. The third-order valence-electron chi connectivity index (χ3n) is 6.38. The van der Waals surface area contributed by atoms with Crippen LogP contribution >= 0.6 is 11.3 Å². The van der Waals surface area contributed by atoms with Crippen LogP contribution in [0.4, 0.5) is 22.0 Å². The SMILES string of the molecule is COc1cc(N)c(C=N)cc1Nc1ncnc2sc3c(c12)CCN(CCCN1CCNC1=O)C3. The predicted molar refractivity (Wildman–Crippen MR) is 135 cm³/mol. The topological polar surface area (TPSA) is 132 Å². The Balaban J connectivity index is 1.35. The van der Waals surface area contributed by atoms with E-state index in [1.807, 2.05) is 4.90 Å². The smallest absolute Gasteiger partial charge is 0.317 e. The minimum absolute atomic E-state index is 0.0505. The molecule has 0 saturated carbocycles. The maximum Gasteiger partial charge on any atom is 0.317 e. The lowest BCUT2D eigenvalue weighted by atomic mass is 10.0. The van der Waals surface area contributed by atoms with Crippen LogP contribution in [0.1, 0.15) is 22.4 Å². The number of nitrogens with two attached hydrogens (primary N) is 1. The number of hydrogen-bond donors (Lipinski definition) is 4. The van der Waals surface area contributed by atoms with Crippen LogP contribution in [0.5, 0.6) is 5.75 Å². The van der Waals surface area contributed by atoms with E-state index in [-0.39, 0.29) is 6.03 Å². The zero-order chi connectivity index (χ0) is 23.7. The van der Waals surface area contributed by atoms with Crippen molar-refractivity contribution in [3.8, 4) is 5.75 Å². The van der Waals surface area contributed by atoms with Crippen LogP contribution in [0.15, 0.2) is 18.5 Å². The number of ether oxygens (including phenoxy) is 1. The van der Waals surface area contributed by atoms with E-state index < -0.39 is 0 Å². The van der Waals surface area contributed by atoms with Crippen molar-refractivity contribution >= 4 is 51.0 Å². The number of benzene rings is 1. The highest BCUT2D eigenvalue weighted by atomic mass is 32.1. The lowest BCUT2D eigenvalue weighted by Crippen LogP contribution is -2.34. The van der Waals surface area contributed by atoms with Gasteiger partial charge < -0.3 is 31.4 Å². The van der Waals surface area contributed by atoms with Crippen LogP contribution in [0, 0.1) is 5.41 Å². The van der Waals surface area contributed by atoms with Gasteiger partial charge in [-0.3, -0.25) is 4.90 Å². The van der Waals surface area contributed by atoms with E-state index in [1.54, 1.807) is 36.9 Å². The molecule has 10 nitrogen and oxygen atoms in total. The number of urea groups is 1. The monoisotopic (exact) mass is 480 g/mol. The largest absolute Gasteiger partial charge is 0.494 e. The Kier molecular flexibility index (Phi) is 6.20. The van der Waals surface area contributed by atoms with Crippen molar-refractivity contribution in [2.24, 2.45) is 0 Å². The Hall–Kier alpha value is -3.44. The first-order valence-electron chi connectivity index (χ1n) is 11.3. The molecule has 3 aromatic rings. The summed E-state index contributed by atoms with van der Waals surface area (Å²) in [4.78, 5) is 27.4. The summed E-state index contributed by atoms with van der Waals surface area (Å²) in [6, 6.07) is 3.57. The van der Waals surface area contributed by atoms with Crippen molar-refractivity contribution in [1.82, 2.24) is 25.1 Å². The van der Waals surface area contributed by atoms with E-state index >= 15 is 0 Å². The minimum atomic E-state index is 0.0505. The van der Waals surface area contributed by atoms with Gasteiger partial charge in [-0.2, -0.15) is 0 Å². The molecule has 0 radical (unpaired) electrons. The molecule has 2 amide bonds. The van der Waals surface area contributed by atoms with E-state index in [0.717, 1.165) is 68.1 Å². The van der Waals surface area contributed by atoms with Gasteiger partial charge in [0.15, 0.2) is 0 Å². The Morgan fingerprint density at radius 2 is 2.21 bits per heavy atom. The van der Waals surface area contributed by atoms with Gasteiger partial charge in [0.05, 0.1) is 18.2 Å². The quantitative estimate of drug-likeness (QED) is 0.288. The van der Waals surface area contributed by atoms with Crippen LogP contribution in [-0.4, -0.2) is 71.8 Å². The molecular weight excluding hydrogens is 452 g/mol. The van der Waals surface area contributed by atoms with Gasteiger partial charge in [-0.05, 0) is 24.5 Å². The number of nitrogens with zero attached hydrogens (tertiary/aromatic N) is 4. The molecule has 1 aromatic carbocycles. The van der Waals surface area contributed by atoms with Crippen LogP contribution in [-0.2, 0) is 13.0 Å². The molecule has 178 valence electrons. The number of carbonyl (C=O) groups is 1. The fourth-order valence-electron chi connectivity index (χ4n) is 4.61. The Morgan fingerprint density at radius 1 is 1.32 bits per heavy atom. The molecule has 0 unspecified atom stereocenters. The first-order valence-corrected chi connectivity index (χ1v) is 12.1. The number of rotatable bonds is 8. The molecule has 2 aliphatic rings. The second kappa shape index (κ2) is 9.43. The zero-order valence-corrected chi connectivity index (χ0v) is 19.9. The summed E-state index contributed by atoms with van der Waals surface area (Å²) >= 11 is 1.71. The fraction of sp³-hybridized carbons (Fsp3) is 0.391. The van der Waals surface area contributed by atoms with Crippen molar-refractivity contribution in [2.75, 3.05) is 50.9 Å².